The Hall–Kier alpha value is -2.99. The number of carbonyl (C=O) groups is 3. The molecule has 0 unspecified atom stereocenters. The fourth-order valence-electron chi connectivity index (χ4n) is 4.22. The Morgan fingerprint density at radius 1 is 0.968 bits per heavy atom. The van der Waals surface area contributed by atoms with Crippen LogP contribution in [0.2, 0.25) is 0 Å². The summed E-state index contributed by atoms with van der Waals surface area (Å²) < 4.78 is 0. The molecule has 2 aliphatic heterocycles. The molecule has 2 aliphatic rings. The summed E-state index contributed by atoms with van der Waals surface area (Å²) in [7, 11) is 0. The third-order valence-corrected chi connectivity index (χ3v) is 6.25. The zero-order chi connectivity index (χ0) is 21.8. The first-order valence-electron chi connectivity index (χ1n) is 11.1. The van der Waals surface area contributed by atoms with Crippen molar-refractivity contribution in [2.75, 3.05) is 26.2 Å². The summed E-state index contributed by atoms with van der Waals surface area (Å²) in [4.78, 5) is 41.1. The molecule has 1 saturated heterocycles. The second kappa shape index (κ2) is 9.43. The maximum Gasteiger partial charge on any atom is 0.261 e. The van der Waals surface area contributed by atoms with Crippen molar-refractivity contribution in [1.29, 1.82) is 0 Å². The molecule has 0 spiro atoms. The van der Waals surface area contributed by atoms with Gasteiger partial charge in [0.25, 0.3) is 17.7 Å². The topological polar surface area (TPSA) is 69.7 Å². The van der Waals surface area contributed by atoms with Gasteiger partial charge in [-0.05, 0) is 74.6 Å². The van der Waals surface area contributed by atoms with Gasteiger partial charge in [0.2, 0.25) is 0 Å². The molecule has 2 aromatic carbocycles. The van der Waals surface area contributed by atoms with E-state index in [1.165, 1.54) is 17.7 Å². The molecule has 1 N–H and O–H groups in total. The van der Waals surface area contributed by atoms with Crippen LogP contribution in [0.1, 0.15) is 62.8 Å². The Bertz CT molecular complexity index is 927. The lowest BCUT2D eigenvalue weighted by Crippen LogP contribution is -2.35. The molecule has 3 amide bonds. The lowest BCUT2D eigenvalue weighted by molar-refractivity contribution is 0.0641. The van der Waals surface area contributed by atoms with Gasteiger partial charge in [0.15, 0.2) is 0 Å². The molecular weight excluding hydrogens is 390 g/mol. The predicted octanol–water partition coefficient (Wildman–Crippen LogP) is 3.33. The SMILES string of the molecule is CC1CCN(CCCNC(=O)c2ccc(CN3C(=O)c4ccccc4C3=O)cc2)CC1. The van der Waals surface area contributed by atoms with Gasteiger partial charge in [-0.25, -0.2) is 0 Å². The van der Waals surface area contributed by atoms with Gasteiger partial charge in [-0.15, -0.1) is 0 Å². The lowest BCUT2D eigenvalue weighted by atomic mass is 9.99. The van der Waals surface area contributed by atoms with E-state index in [1.54, 1.807) is 48.5 Å². The zero-order valence-electron chi connectivity index (χ0n) is 18.0. The number of amides is 3. The van der Waals surface area contributed by atoms with Gasteiger partial charge in [-0.2, -0.15) is 0 Å². The minimum Gasteiger partial charge on any atom is -0.352 e. The zero-order valence-corrected chi connectivity index (χ0v) is 18.0. The molecule has 0 atom stereocenters. The normalized spacial score (nSPS) is 17.1. The van der Waals surface area contributed by atoms with Crippen LogP contribution in [0.3, 0.4) is 0 Å². The lowest BCUT2D eigenvalue weighted by Gasteiger charge is -2.30. The number of carbonyl (C=O) groups excluding carboxylic acids is 3. The first kappa shape index (κ1) is 21.2. The number of hydrogen-bond donors (Lipinski definition) is 1. The van der Waals surface area contributed by atoms with Crippen LogP contribution in [0.15, 0.2) is 48.5 Å². The molecule has 31 heavy (non-hydrogen) atoms. The molecule has 1 fully saturated rings. The molecule has 162 valence electrons. The molecule has 0 saturated carbocycles. The largest absolute Gasteiger partial charge is 0.352 e. The second-order valence-corrected chi connectivity index (χ2v) is 8.57. The second-order valence-electron chi connectivity index (χ2n) is 8.57. The van der Waals surface area contributed by atoms with Gasteiger partial charge < -0.3 is 10.2 Å². The summed E-state index contributed by atoms with van der Waals surface area (Å²) in [5.74, 6) is 0.187. The van der Waals surface area contributed by atoms with Crippen LogP contribution >= 0.6 is 0 Å². The van der Waals surface area contributed by atoms with E-state index in [9.17, 15) is 14.4 Å². The highest BCUT2D eigenvalue weighted by Crippen LogP contribution is 2.24. The van der Waals surface area contributed by atoms with Crippen molar-refractivity contribution in [2.24, 2.45) is 5.92 Å². The molecule has 0 aromatic heterocycles. The number of fused-ring (bicyclic) bond motifs is 1. The molecule has 2 heterocycles. The molecule has 6 nitrogen and oxygen atoms in total. The van der Waals surface area contributed by atoms with E-state index >= 15 is 0 Å². The molecular formula is C25H29N3O3. The van der Waals surface area contributed by atoms with E-state index in [-0.39, 0.29) is 24.3 Å². The van der Waals surface area contributed by atoms with Crippen LogP contribution in [-0.2, 0) is 6.54 Å². The molecule has 0 bridgehead atoms. The third kappa shape index (κ3) is 4.85. The highest BCUT2D eigenvalue weighted by molar-refractivity contribution is 6.21. The highest BCUT2D eigenvalue weighted by atomic mass is 16.2. The van der Waals surface area contributed by atoms with E-state index in [0.29, 0.717) is 23.2 Å². The molecule has 4 rings (SSSR count). The Labute approximate surface area is 183 Å². The van der Waals surface area contributed by atoms with E-state index < -0.39 is 0 Å². The number of rotatable bonds is 7. The van der Waals surface area contributed by atoms with Crippen molar-refractivity contribution in [3.05, 3.63) is 70.8 Å². The third-order valence-electron chi connectivity index (χ3n) is 6.25. The van der Waals surface area contributed by atoms with Crippen LogP contribution in [0.25, 0.3) is 0 Å². The maximum absolute atomic E-state index is 12.5. The highest BCUT2D eigenvalue weighted by Gasteiger charge is 2.34. The summed E-state index contributed by atoms with van der Waals surface area (Å²) in [5.41, 5.74) is 2.29. The van der Waals surface area contributed by atoms with Crippen molar-refractivity contribution >= 4 is 17.7 Å². The summed E-state index contributed by atoms with van der Waals surface area (Å²) >= 11 is 0. The predicted molar refractivity (Wildman–Crippen MR) is 119 cm³/mol. The van der Waals surface area contributed by atoms with Gasteiger partial charge in [-0.1, -0.05) is 31.2 Å². The minimum atomic E-state index is -0.273. The van der Waals surface area contributed by atoms with Crippen molar-refractivity contribution in [3.63, 3.8) is 0 Å². The van der Waals surface area contributed by atoms with Crippen LogP contribution in [-0.4, -0.2) is 53.7 Å². The van der Waals surface area contributed by atoms with Crippen LogP contribution < -0.4 is 5.32 Å². The van der Waals surface area contributed by atoms with E-state index in [4.69, 9.17) is 0 Å². The number of likely N-dealkylation sites (tertiary alicyclic amines) is 1. The number of benzene rings is 2. The average molecular weight is 420 g/mol. The van der Waals surface area contributed by atoms with Gasteiger partial charge in [0.1, 0.15) is 0 Å². The Morgan fingerprint density at radius 2 is 1.58 bits per heavy atom. The first-order chi connectivity index (χ1) is 15.0. The van der Waals surface area contributed by atoms with Crippen molar-refractivity contribution in [3.8, 4) is 0 Å². The molecule has 6 heteroatoms. The summed E-state index contributed by atoms with van der Waals surface area (Å²) in [6, 6.07) is 14.0. The minimum absolute atomic E-state index is 0.0976. The number of nitrogens with one attached hydrogen (secondary N) is 1. The van der Waals surface area contributed by atoms with E-state index in [2.05, 4.69) is 17.1 Å². The van der Waals surface area contributed by atoms with Crippen LogP contribution in [0.5, 0.6) is 0 Å². The number of piperidine rings is 1. The maximum atomic E-state index is 12.5. The Morgan fingerprint density at radius 3 is 2.19 bits per heavy atom. The number of hydrogen-bond acceptors (Lipinski definition) is 4. The smallest absolute Gasteiger partial charge is 0.261 e. The number of imide groups is 1. The summed E-state index contributed by atoms with van der Waals surface area (Å²) in [6.07, 6.45) is 3.47. The van der Waals surface area contributed by atoms with Gasteiger partial charge in [0, 0.05) is 12.1 Å². The van der Waals surface area contributed by atoms with Gasteiger partial charge in [0.05, 0.1) is 17.7 Å². The molecule has 2 aromatic rings. The first-order valence-corrected chi connectivity index (χ1v) is 11.1. The van der Waals surface area contributed by atoms with Gasteiger partial charge in [-0.3, -0.25) is 19.3 Å². The summed E-state index contributed by atoms with van der Waals surface area (Å²) in [5, 5.41) is 2.98. The van der Waals surface area contributed by atoms with E-state index in [1.807, 2.05) is 0 Å². The Kier molecular flexibility index (Phi) is 6.47. The van der Waals surface area contributed by atoms with Crippen molar-refractivity contribution in [1.82, 2.24) is 15.1 Å². The molecule has 0 radical (unpaired) electrons. The van der Waals surface area contributed by atoms with Gasteiger partial charge >= 0.3 is 0 Å². The Balaban J connectivity index is 1.25. The standard InChI is InChI=1S/C25H29N3O3/c1-18-11-15-27(16-12-18)14-4-13-26-23(29)20-9-7-19(8-10-20)17-28-24(30)21-5-2-3-6-22(21)25(28)31/h2-3,5-10,18H,4,11-17H2,1H3,(H,26,29). The monoisotopic (exact) mass is 419 g/mol. The van der Waals surface area contributed by atoms with Crippen LogP contribution in [0.4, 0.5) is 0 Å². The average Bonchev–Trinajstić information content (AvgIpc) is 3.03. The van der Waals surface area contributed by atoms with Crippen molar-refractivity contribution in [2.45, 2.75) is 32.7 Å². The molecule has 0 aliphatic carbocycles. The van der Waals surface area contributed by atoms with E-state index in [0.717, 1.165) is 37.5 Å². The van der Waals surface area contributed by atoms with Crippen molar-refractivity contribution < 1.29 is 14.4 Å². The fourth-order valence-corrected chi connectivity index (χ4v) is 4.22. The van der Waals surface area contributed by atoms with Crippen LogP contribution in [0, 0.1) is 5.92 Å². The number of nitrogens with zero attached hydrogens (tertiary/aromatic N) is 2. The fraction of sp³-hybridized carbons (Fsp3) is 0.400. The quantitative estimate of drug-likeness (QED) is 0.552. The summed E-state index contributed by atoms with van der Waals surface area (Å²) in [6.45, 7) is 6.49.